The number of anilines is 1. The van der Waals surface area contributed by atoms with Gasteiger partial charge in [-0.15, -0.1) is 0 Å². The van der Waals surface area contributed by atoms with Gasteiger partial charge in [-0.25, -0.2) is 0 Å². The summed E-state index contributed by atoms with van der Waals surface area (Å²) in [5.74, 6) is 0. The molecule has 0 amide bonds. The monoisotopic (exact) mass is 215 g/mol. The van der Waals surface area contributed by atoms with E-state index in [0.717, 1.165) is 11.1 Å². The van der Waals surface area contributed by atoms with Gasteiger partial charge in [0.2, 0.25) is 0 Å². The van der Waals surface area contributed by atoms with Crippen LogP contribution in [0.3, 0.4) is 0 Å². The van der Waals surface area contributed by atoms with Gasteiger partial charge in [-0.3, -0.25) is 0 Å². The highest BCUT2D eigenvalue weighted by atomic mass is 19.4. The van der Waals surface area contributed by atoms with Crippen molar-refractivity contribution in [1.82, 2.24) is 0 Å². The summed E-state index contributed by atoms with van der Waals surface area (Å²) in [6.07, 6.45) is -3.53. The number of rotatable bonds is 0. The van der Waals surface area contributed by atoms with Crippen LogP contribution in [0.5, 0.6) is 0 Å². The maximum Gasteiger partial charge on any atom is 0.408 e. The summed E-state index contributed by atoms with van der Waals surface area (Å²) in [6.45, 7) is 1.94. The molecule has 0 bridgehead atoms. The number of nitrogens with one attached hydrogen (secondary N) is 1. The van der Waals surface area contributed by atoms with Gasteiger partial charge in [0.05, 0.1) is 0 Å². The molecule has 1 heterocycles. The van der Waals surface area contributed by atoms with Gasteiger partial charge in [0.25, 0.3) is 0 Å². The molecule has 0 aliphatic carbocycles. The summed E-state index contributed by atoms with van der Waals surface area (Å²) < 4.78 is 37.4. The Morgan fingerprint density at radius 1 is 1.33 bits per heavy atom. The maximum atomic E-state index is 12.5. The first-order chi connectivity index (χ1) is 6.97. The predicted octanol–water partition coefficient (Wildman–Crippen LogP) is 3.28. The fourth-order valence-electron chi connectivity index (χ4n) is 1.88. The van der Waals surface area contributed by atoms with E-state index in [-0.39, 0.29) is 6.42 Å². The van der Waals surface area contributed by atoms with Gasteiger partial charge in [0.1, 0.15) is 6.04 Å². The molecule has 0 saturated carbocycles. The van der Waals surface area contributed by atoms with Crippen LogP contribution in [0.15, 0.2) is 18.2 Å². The fourth-order valence-corrected chi connectivity index (χ4v) is 1.88. The van der Waals surface area contributed by atoms with E-state index in [1.165, 1.54) is 0 Å². The topological polar surface area (TPSA) is 12.0 Å². The van der Waals surface area contributed by atoms with Gasteiger partial charge in [-0.05, 0) is 31.4 Å². The molecule has 0 spiro atoms. The zero-order chi connectivity index (χ0) is 11.1. The lowest BCUT2D eigenvalue weighted by Crippen LogP contribution is -2.39. The highest BCUT2D eigenvalue weighted by Crippen LogP contribution is 2.33. The first kappa shape index (κ1) is 10.3. The zero-order valence-corrected chi connectivity index (χ0v) is 8.36. The van der Waals surface area contributed by atoms with Crippen LogP contribution >= 0.6 is 0 Å². The molecule has 0 radical (unpaired) electrons. The van der Waals surface area contributed by atoms with Crippen molar-refractivity contribution >= 4 is 5.69 Å². The standard InChI is InChI=1S/C11H12F3N/c1-7-2-4-9-8(6-7)3-5-10(15-9)11(12,13)14/h2,4,6,10,15H,3,5H2,1H3. The Morgan fingerprint density at radius 3 is 2.73 bits per heavy atom. The van der Waals surface area contributed by atoms with E-state index in [0.29, 0.717) is 12.1 Å². The Balaban J connectivity index is 2.24. The van der Waals surface area contributed by atoms with Crippen LogP contribution in [-0.2, 0) is 6.42 Å². The molecule has 1 aliphatic heterocycles. The molecule has 1 atom stereocenters. The molecule has 0 saturated heterocycles. The summed E-state index contributed by atoms with van der Waals surface area (Å²) in [4.78, 5) is 0. The molecule has 2 rings (SSSR count). The minimum Gasteiger partial charge on any atom is -0.374 e. The number of fused-ring (bicyclic) bond motifs is 1. The summed E-state index contributed by atoms with van der Waals surface area (Å²) >= 11 is 0. The second-order valence-electron chi connectivity index (χ2n) is 3.94. The van der Waals surface area contributed by atoms with Crippen molar-refractivity contribution in [2.24, 2.45) is 0 Å². The lowest BCUT2D eigenvalue weighted by molar-refractivity contribution is -0.144. The van der Waals surface area contributed by atoms with Gasteiger partial charge < -0.3 is 5.32 Å². The van der Waals surface area contributed by atoms with Crippen molar-refractivity contribution in [2.45, 2.75) is 32.0 Å². The predicted molar refractivity (Wildman–Crippen MR) is 53.0 cm³/mol. The Bertz CT molecular complexity index is 371. The van der Waals surface area contributed by atoms with E-state index in [2.05, 4.69) is 5.32 Å². The van der Waals surface area contributed by atoms with Gasteiger partial charge in [0, 0.05) is 5.69 Å². The van der Waals surface area contributed by atoms with Gasteiger partial charge in [-0.1, -0.05) is 17.7 Å². The van der Waals surface area contributed by atoms with E-state index in [1.54, 1.807) is 6.07 Å². The van der Waals surface area contributed by atoms with E-state index in [4.69, 9.17) is 0 Å². The highest BCUT2D eigenvalue weighted by molar-refractivity contribution is 5.55. The van der Waals surface area contributed by atoms with Crippen molar-refractivity contribution in [1.29, 1.82) is 0 Å². The smallest absolute Gasteiger partial charge is 0.374 e. The van der Waals surface area contributed by atoms with Crippen LogP contribution in [0.25, 0.3) is 0 Å². The van der Waals surface area contributed by atoms with Crippen LogP contribution in [0.1, 0.15) is 17.5 Å². The molecule has 15 heavy (non-hydrogen) atoms. The molecule has 82 valence electrons. The second-order valence-corrected chi connectivity index (χ2v) is 3.94. The van der Waals surface area contributed by atoms with Crippen LogP contribution in [0.4, 0.5) is 18.9 Å². The molecule has 1 N–H and O–H groups in total. The Kier molecular flexibility index (Phi) is 2.37. The van der Waals surface area contributed by atoms with Gasteiger partial charge >= 0.3 is 6.18 Å². The van der Waals surface area contributed by atoms with Gasteiger partial charge in [0.15, 0.2) is 0 Å². The normalized spacial score (nSPS) is 20.7. The summed E-state index contributed by atoms with van der Waals surface area (Å²) in [5, 5.41) is 2.54. The maximum absolute atomic E-state index is 12.5. The van der Waals surface area contributed by atoms with Crippen molar-refractivity contribution in [3.05, 3.63) is 29.3 Å². The summed E-state index contributed by atoms with van der Waals surface area (Å²) in [7, 11) is 0. The quantitative estimate of drug-likeness (QED) is 0.700. The molecule has 1 aromatic rings. The Morgan fingerprint density at radius 2 is 2.07 bits per heavy atom. The lowest BCUT2D eigenvalue weighted by Gasteiger charge is -2.28. The van der Waals surface area contributed by atoms with E-state index < -0.39 is 12.2 Å². The highest BCUT2D eigenvalue weighted by Gasteiger charge is 2.41. The van der Waals surface area contributed by atoms with Crippen molar-refractivity contribution < 1.29 is 13.2 Å². The molecular formula is C11H12F3N. The molecule has 1 aromatic carbocycles. The van der Waals surface area contributed by atoms with Crippen LogP contribution in [0.2, 0.25) is 0 Å². The van der Waals surface area contributed by atoms with Crippen LogP contribution in [-0.4, -0.2) is 12.2 Å². The molecular weight excluding hydrogens is 203 g/mol. The van der Waals surface area contributed by atoms with Gasteiger partial charge in [-0.2, -0.15) is 13.2 Å². The Hall–Kier alpha value is -1.19. The molecule has 1 nitrogen and oxygen atoms in total. The average Bonchev–Trinajstić information content (AvgIpc) is 2.15. The first-order valence-corrected chi connectivity index (χ1v) is 4.89. The summed E-state index contributed by atoms with van der Waals surface area (Å²) in [6, 6.07) is 4.09. The van der Waals surface area contributed by atoms with Crippen LogP contribution < -0.4 is 5.32 Å². The average molecular weight is 215 g/mol. The van der Waals surface area contributed by atoms with Crippen molar-refractivity contribution in [3.63, 3.8) is 0 Å². The molecule has 1 aliphatic rings. The number of alkyl halides is 3. The number of aryl methyl sites for hydroxylation is 2. The molecule has 4 heteroatoms. The molecule has 0 fully saturated rings. The Labute approximate surface area is 86.3 Å². The summed E-state index contributed by atoms with van der Waals surface area (Å²) in [5.41, 5.74) is 2.69. The van der Waals surface area contributed by atoms with E-state index in [9.17, 15) is 13.2 Å². The van der Waals surface area contributed by atoms with Crippen molar-refractivity contribution in [2.75, 3.05) is 5.32 Å². The second kappa shape index (κ2) is 3.43. The minimum absolute atomic E-state index is 0.125. The number of hydrogen-bond acceptors (Lipinski definition) is 1. The molecule has 0 aromatic heterocycles. The number of halogens is 3. The zero-order valence-electron chi connectivity index (χ0n) is 8.36. The van der Waals surface area contributed by atoms with E-state index >= 15 is 0 Å². The lowest BCUT2D eigenvalue weighted by atomic mass is 9.96. The largest absolute Gasteiger partial charge is 0.408 e. The SMILES string of the molecule is Cc1ccc2c(c1)CCC(C(F)(F)F)N2. The fraction of sp³-hybridized carbons (Fsp3) is 0.455. The van der Waals surface area contributed by atoms with Crippen molar-refractivity contribution in [3.8, 4) is 0 Å². The number of hydrogen-bond donors (Lipinski definition) is 1. The third kappa shape index (κ3) is 2.08. The minimum atomic E-state index is -4.15. The third-order valence-corrected chi connectivity index (χ3v) is 2.69. The number of benzene rings is 1. The third-order valence-electron chi connectivity index (χ3n) is 2.69. The molecule has 1 unspecified atom stereocenters. The van der Waals surface area contributed by atoms with E-state index in [1.807, 2.05) is 19.1 Å². The first-order valence-electron chi connectivity index (χ1n) is 4.89. The van der Waals surface area contributed by atoms with Crippen LogP contribution in [0, 0.1) is 6.92 Å².